The Morgan fingerprint density at radius 3 is 2.32 bits per heavy atom. The first kappa shape index (κ1) is 19.3. The summed E-state index contributed by atoms with van der Waals surface area (Å²) in [6.45, 7) is 1.39. The van der Waals surface area contributed by atoms with Crippen molar-refractivity contribution >= 4 is 17.6 Å². The lowest BCUT2D eigenvalue weighted by Gasteiger charge is -2.12. The third-order valence-corrected chi connectivity index (χ3v) is 4.11. The Morgan fingerprint density at radius 1 is 1.00 bits per heavy atom. The smallest absolute Gasteiger partial charge is 0.231 e. The molecule has 0 spiro atoms. The third kappa shape index (κ3) is 3.78. The molecule has 0 amide bonds. The molecule has 0 aromatic heterocycles. The van der Waals surface area contributed by atoms with Crippen LogP contribution in [0.15, 0.2) is 36.1 Å². The van der Waals surface area contributed by atoms with Gasteiger partial charge in [0.2, 0.25) is 5.78 Å². The standard InChI is InChI=1S/C21H20O7/c1-12(22)11-27-14-5-6-15-17(9-14)28-20(21(15)23)8-13-7-18(25-3)19(26-4)10-16(13)24-2/h5-10H,11H2,1-4H3/b20-8-. The molecule has 28 heavy (non-hydrogen) atoms. The number of fused-ring (bicyclic) bond motifs is 1. The van der Waals surface area contributed by atoms with Crippen LogP contribution >= 0.6 is 0 Å². The van der Waals surface area contributed by atoms with Gasteiger partial charge in [0.15, 0.2) is 23.0 Å². The van der Waals surface area contributed by atoms with Crippen molar-refractivity contribution in [2.24, 2.45) is 0 Å². The van der Waals surface area contributed by atoms with Crippen LogP contribution in [0, 0.1) is 0 Å². The van der Waals surface area contributed by atoms with Crippen LogP contribution in [0.5, 0.6) is 28.7 Å². The minimum atomic E-state index is -0.259. The molecule has 0 radical (unpaired) electrons. The molecule has 0 saturated heterocycles. The Bertz CT molecular complexity index is 959. The minimum Gasteiger partial charge on any atom is -0.496 e. The zero-order chi connectivity index (χ0) is 20.3. The average molecular weight is 384 g/mol. The van der Waals surface area contributed by atoms with E-state index < -0.39 is 0 Å². The molecule has 3 rings (SSSR count). The summed E-state index contributed by atoms with van der Waals surface area (Å²) in [5.74, 6) is 2.12. The summed E-state index contributed by atoms with van der Waals surface area (Å²) < 4.78 is 27.0. The molecule has 0 unspecified atom stereocenters. The molecule has 1 aliphatic heterocycles. The summed E-state index contributed by atoms with van der Waals surface area (Å²) in [6.07, 6.45) is 1.58. The van der Waals surface area contributed by atoms with Crippen LogP contribution in [0.1, 0.15) is 22.8 Å². The molecule has 7 heteroatoms. The first-order chi connectivity index (χ1) is 13.5. The van der Waals surface area contributed by atoms with Gasteiger partial charge in [0, 0.05) is 17.7 Å². The summed E-state index contributed by atoms with van der Waals surface area (Å²) in [4.78, 5) is 23.7. The first-order valence-corrected chi connectivity index (χ1v) is 8.47. The van der Waals surface area contributed by atoms with Gasteiger partial charge in [-0.1, -0.05) is 0 Å². The molecule has 0 saturated carbocycles. The van der Waals surface area contributed by atoms with Crippen molar-refractivity contribution in [2.45, 2.75) is 6.92 Å². The molecule has 1 aliphatic rings. The van der Waals surface area contributed by atoms with E-state index in [9.17, 15) is 9.59 Å². The van der Waals surface area contributed by atoms with Gasteiger partial charge in [-0.25, -0.2) is 0 Å². The SMILES string of the molecule is COc1cc(OC)c(OC)cc1/C=C1\Oc2cc(OCC(C)=O)ccc2C1=O. The van der Waals surface area contributed by atoms with Crippen LogP contribution in [-0.4, -0.2) is 39.5 Å². The number of ether oxygens (including phenoxy) is 5. The highest BCUT2D eigenvalue weighted by Gasteiger charge is 2.28. The second kappa shape index (κ2) is 8.04. The topological polar surface area (TPSA) is 80.3 Å². The Kier molecular flexibility index (Phi) is 5.54. The molecule has 146 valence electrons. The highest BCUT2D eigenvalue weighted by Crippen LogP contribution is 2.38. The van der Waals surface area contributed by atoms with E-state index in [-0.39, 0.29) is 23.9 Å². The highest BCUT2D eigenvalue weighted by atomic mass is 16.5. The molecule has 0 fully saturated rings. The Morgan fingerprint density at radius 2 is 1.68 bits per heavy atom. The van der Waals surface area contributed by atoms with Crippen molar-refractivity contribution in [1.29, 1.82) is 0 Å². The number of allylic oxidation sites excluding steroid dienone is 1. The van der Waals surface area contributed by atoms with E-state index in [4.69, 9.17) is 23.7 Å². The minimum absolute atomic E-state index is 0.0434. The van der Waals surface area contributed by atoms with Crippen LogP contribution in [-0.2, 0) is 4.79 Å². The maximum atomic E-state index is 12.7. The second-order valence-electron chi connectivity index (χ2n) is 6.04. The van der Waals surface area contributed by atoms with Crippen molar-refractivity contribution in [1.82, 2.24) is 0 Å². The van der Waals surface area contributed by atoms with E-state index in [1.165, 1.54) is 28.3 Å². The van der Waals surface area contributed by atoms with Gasteiger partial charge in [-0.2, -0.15) is 0 Å². The summed E-state index contributed by atoms with van der Waals surface area (Å²) in [6, 6.07) is 8.20. The first-order valence-electron chi connectivity index (χ1n) is 8.47. The fourth-order valence-electron chi connectivity index (χ4n) is 2.75. The van der Waals surface area contributed by atoms with Gasteiger partial charge in [0.1, 0.15) is 23.9 Å². The average Bonchev–Trinajstić information content (AvgIpc) is 3.00. The monoisotopic (exact) mass is 384 g/mol. The van der Waals surface area contributed by atoms with E-state index in [0.29, 0.717) is 39.9 Å². The zero-order valence-corrected chi connectivity index (χ0v) is 16.0. The van der Waals surface area contributed by atoms with E-state index in [1.54, 1.807) is 36.4 Å². The zero-order valence-electron chi connectivity index (χ0n) is 16.0. The lowest BCUT2D eigenvalue weighted by molar-refractivity contribution is -0.118. The Balaban J connectivity index is 1.93. The van der Waals surface area contributed by atoms with E-state index in [1.807, 2.05) is 0 Å². The number of ketones is 2. The number of methoxy groups -OCH3 is 3. The molecular weight excluding hydrogens is 364 g/mol. The van der Waals surface area contributed by atoms with Crippen LogP contribution < -0.4 is 23.7 Å². The lowest BCUT2D eigenvalue weighted by atomic mass is 10.1. The van der Waals surface area contributed by atoms with Crippen molar-refractivity contribution < 1.29 is 33.3 Å². The van der Waals surface area contributed by atoms with Crippen molar-refractivity contribution in [3.63, 3.8) is 0 Å². The fraction of sp³-hybridized carbons (Fsp3) is 0.238. The molecule has 2 aromatic rings. The largest absolute Gasteiger partial charge is 0.496 e. The highest BCUT2D eigenvalue weighted by molar-refractivity contribution is 6.14. The Labute approximate surface area is 162 Å². The summed E-state index contributed by atoms with van der Waals surface area (Å²) in [7, 11) is 4.58. The lowest BCUT2D eigenvalue weighted by Crippen LogP contribution is -2.06. The number of hydrogen-bond donors (Lipinski definition) is 0. The number of hydrogen-bond acceptors (Lipinski definition) is 7. The van der Waals surface area contributed by atoms with Gasteiger partial charge in [-0.3, -0.25) is 9.59 Å². The molecule has 7 nitrogen and oxygen atoms in total. The molecule has 0 atom stereocenters. The molecule has 0 aliphatic carbocycles. The molecule has 2 aromatic carbocycles. The van der Waals surface area contributed by atoms with E-state index in [0.717, 1.165) is 0 Å². The van der Waals surface area contributed by atoms with Crippen LogP contribution in [0.25, 0.3) is 6.08 Å². The summed E-state index contributed by atoms with van der Waals surface area (Å²) in [5.41, 5.74) is 1.02. The van der Waals surface area contributed by atoms with Gasteiger partial charge >= 0.3 is 0 Å². The van der Waals surface area contributed by atoms with Crippen molar-refractivity contribution in [2.75, 3.05) is 27.9 Å². The maximum Gasteiger partial charge on any atom is 0.231 e. The predicted molar refractivity (Wildman–Crippen MR) is 102 cm³/mol. The predicted octanol–water partition coefficient (Wildman–Crippen LogP) is 3.30. The number of Topliss-reactive ketones (excluding diaryl/α,β-unsaturated/α-hetero) is 2. The van der Waals surface area contributed by atoms with E-state index in [2.05, 4.69) is 0 Å². The number of benzene rings is 2. The summed E-state index contributed by atoms with van der Waals surface area (Å²) >= 11 is 0. The number of rotatable bonds is 7. The van der Waals surface area contributed by atoms with Crippen molar-refractivity contribution in [3.8, 4) is 28.7 Å². The molecular formula is C21H20O7. The fourth-order valence-corrected chi connectivity index (χ4v) is 2.75. The molecule has 0 bridgehead atoms. The Hall–Kier alpha value is -3.48. The normalized spacial score (nSPS) is 13.7. The van der Waals surface area contributed by atoms with Crippen molar-refractivity contribution in [3.05, 3.63) is 47.2 Å². The number of carbonyl (C=O) groups excluding carboxylic acids is 2. The van der Waals surface area contributed by atoms with Crippen LogP contribution in [0.4, 0.5) is 0 Å². The van der Waals surface area contributed by atoms with E-state index >= 15 is 0 Å². The second-order valence-corrected chi connectivity index (χ2v) is 6.04. The van der Waals surface area contributed by atoms with Gasteiger partial charge in [0.25, 0.3) is 0 Å². The van der Waals surface area contributed by atoms with Gasteiger partial charge in [-0.05, 0) is 31.2 Å². The van der Waals surface area contributed by atoms with Crippen LogP contribution in [0.3, 0.4) is 0 Å². The molecule has 1 heterocycles. The van der Waals surface area contributed by atoms with Gasteiger partial charge in [-0.15, -0.1) is 0 Å². The molecule has 0 N–H and O–H groups in total. The number of carbonyl (C=O) groups is 2. The quantitative estimate of drug-likeness (QED) is 0.678. The third-order valence-electron chi connectivity index (χ3n) is 4.11. The summed E-state index contributed by atoms with van der Waals surface area (Å²) in [5, 5.41) is 0. The van der Waals surface area contributed by atoms with Gasteiger partial charge in [0.05, 0.1) is 26.9 Å². The maximum absolute atomic E-state index is 12.7. The van der Waals surface area contributed by atoms with Crippen LogP contribution in [0.2, 0.25) is 0 Å². The van der Waals surface area contributed by atoms with Gasteiger partial charge < -0.3 is 23.7 Å².